The number of rotatable bonds is 2. The van der Waals surface area contributed by atoms with Gasteiger partial charge in [0, 0.05) is 12.1 Å². The van der Waals surface area contributed by atoms with Crippen LogP contribution in [0.15, 0.2) is 47.4 Å². The lowest BCUT2D eigenvalue weighted by Gasteiger charge is -2.34. The first-order valence-corrected chi connectivity index (χ1v) is 10.2. The van der Waals surface area contributed by atoms with Crippen molar-refractivity contribution in [1.29, 1.82) is 0 Å². The molecule has 1 heterocycles. The van der Waals surface area contributed by atoms with Crippen LogP contribution in [0.1, 0.15) is 43.0 Å². The molecule has 0 fully saturated rings. The number of nitrogens with zero attached hydrogens (tertiary/aromatic N) is 1. The van der Waals surface area contributed by atoms with Gasteiger partial charge in [-0.2, -0.15) is 17.5 Å². The Labute approximate surface area is 162 Å². The Hall–Kier alpha value is -1.90. The molecule has 1 N–H and O–H groups in total. The maximum absolute atomic E-state index is 14.1. The molecular formula is C20H22F3NO3S. The molecule has 1 aliphatic heterocycles. The lowest BCUT2D eigenvalue weighted by Crippen LogP contribution is -2.53. The van der Waals surface area contributed by atoms with E-state index in [-0.39, 0.29) is 4.31 Å². The van der Waals surface area contributed by atoms with Gasteiger partial charge >= 0.3 is 6.18 Å². The standard InChI is InChI=1S/C20H22F3NO3S/c1-13-6-5-7-14(10-13)12-24-19(25,20(21,22)23)16-11-15(18(2,3)4)8-9-17(16)28(24,26)27/h5-11,25H,12H2,1-4H3. The molecule has 0 bridgehead atoms. The summed E-state index contributed by atoms with van der Waals surface area (Å²) in [5.41, 5.74) is -3.17. The molecule has 0 spiro atoms. The van der Waals surface area contributed by atoms with Gasteiger partial charge < -0.3 is 5.11 Å². The highest BCUT2D eigenvalue weighted by Gasteiger charge is 2.68. The van der Waals surface area contributed by atoms with Gasteiger partial charge in [-0.15, -0.1) is 0 Å². The summed E-state index contributed by atoms with van der Waals surface area (Å²) in [6.45, 7) is 6.56. The summed E-state index contributed by atoms with van der Waals surface area (Å²) in [5.74, 6) is 0. The van der Waals surface area contributed by atoms with Crippen LogP contribution in [0.5, 0.6) is 0 Å². The minimum absolute atomic E-state index is 0.145. The van der Waals surface area contributed by atoms with Crippen LogP contribution in [0.2, 0.25) is 0 Å². The van der Waals surface area contributed by atoms with Crippen LogP contribution in [0.4, 0.5) is 13.2 Å². The second-order valence-corrected chi connectivity index (χ2v) is 9.96. The van der Waals surface area contributed by atoms with Crippen molar-refractivity contribution in [2.45, 2.75) is 56.5 Å². The molecule has 28 heavy (non-hydrogen) atoms. The minimum Gasteiger partial charge on any atom is -0.363 e. The number of halogens is 3. The minimum atomic E-state index is -5.22. The van der Waals surface area contributed by atoms with E-state index in [0.29, 0.717) is 11.1 Å². The smallest absolute Gasteiger partial charge is 0.363 e. The normalized spacial score (nSPS) is 22.3. The summed E-state index contributed by atoms with van der Waals surface area (Å²) >= 11 is 0. The van der Waals surface area contributed by atoms with Crippen molar-refractivity contribution in [3.63, 3.8) is 0 Å². The highest BCUT2D eigenvalue weighted by molar-refractivity contribution is 7.89. The zero-order valence-electron chi connectivity index (χ0n) is 16.0. The van der Waals surface area contributed by atoms with E-state index in [2.05, 4.69) is 0 Å². The Morgan fingerprint density at radius 3 is 2.25 bits per heavy atom. The topological polar surface area (TPSA) is 57.6 Å². The molecule has 3 rings (SSSR count). The molecule has 0 amide bonds. The number of aryl methyl sites for hydroxylation is 1. The van der Waals surface area contributed by atoms with Gasteiger partial charge in [0.1, 0.15) is 0 Å². The molecule has 0 saturated carbocycles. The lowest BCUT2D eigenvalue weighted by molar-refractivity contribution is -0.306. The molecule has 1 unspecified atom stereocenters. The largest absolute Gasteiger partial charge is 0.436 e. The quantitative estimate of drug-likeness (QED) is 0.803. The number of benzene rings is 2. The Balaban J connectivity index is 2.25. The van der Waals surface area contributed by atoms with E-state index >= 15 is 0 Å². The first kappa shape index (κ1) is 20.8. The second-order valence-electron chi connectivity index (χ2n) is 8.13. The molecule has 2 aromatic rings. The first-order chi connectivity index (χ1) is 12.7. The van der Waals surface area contributed by atoms with Crippen molar-refractivity contribution in [1.82, 2.24) is 4.31 Å². The summed E-state index contributed by atoms with van der Waals surface area (Å²) in [4.78, 5) is -0.520. The van der Waals surface area contributed by atoms with Crippen molar-refractivity contribution in [3.05, 3.63) is 64.7 Å². The number of aliphatic hydroxyl groups is 1. The monoisotopic (exact) mass is 413 g/mol. The average Bonchev–Trinajstić information content (AvgIpc) is 2.73. The van der Waals surface area contributed by atoms with E-state index in [1.54, 1.807) is 45.9 Å². The fourth-order valence-corrected chi connectivity index (χ4v) is 5.22. The summed E-state index contributed by atoms with van der Waals surface area (Å²) in [6.07, 6.45) is -5.22. The third-order valence-electron chi connectivity index (χ3n) is 4.95. The van der Waals surface area contributed by atoms with Gasteiger partial charge in [0.15, 0.2) is 0 Å². The van der Waals surface area contributed by atoms with Crippen LogP contribution in [-0.4, -0.2) is 24.0 Å². The van der Waals surface area contributed by atoms with E-state index in [1.165, 1.54) is 12.1 Å². The van der Waals surface area contributed by atoms with Crippen LogP contribution >= 0.6 is 0 Å². The Morgan fingerprint density at radius 2 is 1.71 bits per heavy atom. The Morgan fingerprint density at radius 1 is 1.07 bits per heavy atom. The van der Waals surface area contributed by atoms with E-state index in [9.17, 15) is 26.7 Å². The molecule has 0 aliphatic carbocycles. The number of alkyl halides is 3. The fourth-order valence-electron chi connectivity index (χ4n) is 3.39. The van der Waals surface area contributed by atoms with Gasteiger partial charge in [0.05, 0.1) is 4.90 Å². The van der Waals surface area contributed by atoms with Crippen molar-refractivity contribution in [3.8, 4) is 0 Å². The Kier molecular flexibility index (Phi) is 4.69. The maximum Gasteiger partial charge on any atom is 0.436 e. The SMILES string of the molecule is Cc1cccc(CN2C(O)(C(F)(F)F)c3cc(C(C)(C)C)ccc3S2(=O)=O)c1. The molecule has 0 aromatic heterocycles. The van der Waals surface area contributed by atoms with E-state index in [4.69, 9.17) is 0 Å². The van der Waals surface area contributed by atoms with Gasteiger partial charge in [-0.25, -0.2) is 8.42 Å². The van der Waals surface area contributed by atoms with Crippen molar-refractivity contribution < 1.29 is 26.7 Å². The lowest BCUT2D eigenvalue weighted by atomic mass is 9.85. The number of sulfonamides is 1. The Bertz CT molecular complexity index is 1030. The molecule has 0 radical (unpaired) electrons. The summed E-state index contributed by atoms with van der Waals surface area (Å²) in [6, 6.07) is 10.3. The molecule has 1 aliphatic rings. The number of hydrogen-bond acceptors (Lipinski definition) is 3. The zero-order valence-corrected chi connectivity index (χ0v) is 16.8. The van der Waals surface area contributed by atoms with E-state index in [1.807, 2.05) is 0 Å². The fraction of sp³-hybridized carbons (Fsp3) is 0.400. The summed E-state index contributed by atoms with van der Waals surface area (Å²) in [5, 5.41) is 10.8. The average molecular weight is 413 g/mol. The zero-order chi connectivity index (χ0) is 21.1. The third-order valence-corrected chi connectivity index (χ3v) is 6.84. The van der Waals surface area contributed by atoms with Crippen molar-refractivity contribution in [2.75, 3.05) is 0 Å². The van der Waals surface area contributed by atoms with Crippen LogP contribution in [0, 0.1) is 6.92 Å². The van der Waals surface area contributed by atoms with Gasteiger partial charge in [0.25, 0.3) is 5.72 Å². The molecular weight excluding hydrogens is 391 g/mol. The second kappa shape index (κ2) is 6.30. The maximum atomic E-state index is 14.1. The summed E-state index contributed by atoms with van der Waals surface area (Å²) < 4.78 is 68.3. The molecule has 0 saturated heterocycles. The highest BCUT2D eigenvalue weighted by Crippen LogP contribution is 2.52. The van der Waals surface area contributed by atoms with E-state index < -0.39 is 44.3 Å². The molecule has 8 heteroatoms. The third kappa shape index (κ3) is 3.13. The summed E-state index contributed by atoms with van der Waals surface area (Å²) in [7, 11) is -4.55. The van der Waals surface area contributed by atoms with Crippen molar-refractivity contribution in [2.24, 2.45) is 0 Å². The van der Waals surface area contributed by atoms with Gasteiger partial charge in [-0.3, -0.25) is 0 Å². The number of hydrogen-bond donors (Lipinski definition) is 1. The number of fused-ring (bicyclic) bond motifs is 1. The van der Waals surface area contributed by atoms with Crippen LogP contribution in [0.25, 0.3) is 0 Å². The molecule has 4 nitrogen and oxygen atoms in total. The van der Waals surface area contributed by atoms with Crippen LogP contribution < -0.4 is 0 Å². The molecule has 1 atom stereocenters. The predicted octanol–water partition coefficient (Wildman–Crippen LogP) is 4.20. The van der Waals surface area contributed by atoms with Gasteiger partial charge in [0.2, 0.25) is 10.0 Å². The predicted molar refractivity (Wildman–Crippen MR) is 99.0 cm³/mol. The van der Waals surface area contributed by atoms with Gasteiger partial charge in [-0.05, 0) is 35.6 Å². The molecule has 152 valence electrons. The highest BCUT2D eigenvalue weighted by atomic mass is 32.2. The van der Waals surface area contributed by atoms with E-state index in [0.717, 1.165) is 17.7 Å². The van der Waals surface area contributed by atoms with Gasteiger partial charge in [-0.1, -0.05) is 56.7 Å². The van der Waals surface area contributed by atoms with Crippen molar-refractivity contribution >= 4 is 10.0 Å². The molecule has 2 aromatic carbocycles. The van der Waals surface area contributed by atoms with Crippen LogP contribution in [-0.2, 0) is 27.7 Å². The van der Waals surface area contributed by atoms with Crippen LogP contribution in [0.3, 0.4) is 0 Å². The first-order valence-electron chi connectivity index (χ1n) is 8.71.